The average Bonchev–Trinajstić information content (AvgIpc) is 3.42. The minimum Gasteiger partial charge on any atom is -0.462 e. The van der Waals surface area contributed by atoms with Crippen LogP contribution in [0.5, 0.6) is 0 Å². The summed E-state index contributed by atoms with van der Waals surface area (Å²) in [7, 11) is 0. The summed E-state index contributed by atoms with van der Waals surface area (Å²) in [6.45, 7) is 4.07. The molecule has 0 amide bonds. The van der Waals surface area contributed by atoms with Gasteiger partial charge in [0.05, 0.1) is 6.61 Å². The Kier molecular flexibility index (Phi) is 64.3. The van der Waals surface area contributed by atoms with Gasteiger partial charge in [0.1, 0.15) is 6.61 Å². The molecule has 1 N–H and O–H groups in total. The van der Waals surface area contributed by atoms with Crippen LogP contribution in [0, 0.1) is 0 Å². The molecule has 0 saturated heterocycles. The number of hydrogen-bond donors (Lipinski definition) is 1. The lowest BCUT2D eigenvalue weighted by Crippen LogP contribution is -2.28. The van der Waals surface area contributed by atoms with Gasteiger partial charge in [0, 0.05) is 12.8 Å². The van der Waals surface area contributed by atoms with Crippen molar-refractivity contribution < 1.29 is 24.2 Å². The molecule has 5 heteroatoms. The number of allylic oxidation sites excluding steroid dienone is 12. The van der Waals surface area contributed by atoms with E-state index in [4.69, 9.17) is 9.47 Å². The van der Waals surface area contributed by atoms with E-state index in [0.29, 0.717) is 12.8 Å². The molecule has 0 aliphatic carbocycles. The number of ether oxygens (including phenoxy) is 2. The van der Waals surface area contributed by atoms with Crippen molar-refractivity contribution in [2.45, 2.75) is 354 Å². The van der Waals surface area contributed by atoms with Gasteiger partial charge in [0.15, 0.2) is 6.10 Å². The van der Waals surface area contributed by atoms with Crippen molar-refractivity contribution in [1.29, 1.82) is 0 Å². The van der Waals surface area contributed by atoms with Crippen LogP contribution in [-0.2, 0) is 19.1 Å². The molecule has 0 heterocycles. The summed E-state index contributed by atoms with van der Waals surface area (Å²) >= 11 is 0. The van der Waals surface area contributed by atoms with Crippen molar-refractivity contribution >= 4 is 11.9 Å². The first-order chi connectivity index (χ1) is 37.6. The highest BCUT2D eigenvalue weighted by Gasteiger charge is 2.16. The van der Waals surface area contributed by atoms with Crippen molar-refractivity contribution in [1.82, 2.24) is 0 Å². The maximum Gasteiger partial charge on any atom is 0.306 e. The molecule has 0 rings (SSSR count). The molecular weight excluding hydrogens is 933 g/mol. The second-order valence-corrected chi connectivity index (χ2v) is 22.5. The fourth-order valence-corrected chi connectivity index (χ4v) is 10.0. The highest BCUT2D eigenvalue weighted by Crippen LogP contribution is 2.18. The quantitative estimate of drug-likeness (QED) is 0.0373. The summed E-state index contributed by atoms with van der Waals surface area (Å²) < 4.78 is 10.8. The predicted octanol–water partition coefficient (Wildman–Crippen LogP) is 23.1. The van der Waals surface area contributed by atoms with E-state index in [1.54, 1.807) is 0 Å². The average molecular weight is 1060 g/mol. The van der Waals surface area contributed by atoms with Gasteiger partial charge in [0.25, 0.3) is 0 Å². The van der Waals surface area contributed by atoms with Gasteiger partial charge >= 0.3 is 11.9 Å². The molecule has 0 aromatic rings. The first-order valence-corrected chi connectivity index (χ1v) is 33.5. The topological polar surface area (TPSA) is 72.8 Å². The van der Waals surface area contributed by atoms with Crippen molar-refractivity contribution in [3.8, 4) is 0 Å². The summed E-state index contributed by atoms with van der Waals surface area (Å²) in [4.78, 5) is 24.6. The van der Waals surface area contributed by atoms with Gasteiger partial charge in [-0.3, -0.25) is 9.59 Å². The maximum atomic E-state index is 12.4. The Labute approximate surface area is 473 Å². The summed E-state index contributed by atoms with van der Waals surface area (Å²) in [5.74, 6) is -0.578. The normalized spacial score (nSPS) is 12.6. The molecule has 0 fully saturated rings. The Hall–Kier alpha value is -2.66. The summed E-state index contributed by atoms with van der Waals surface area (Å²) in [6, 6.07) is 0. The molecular formula is C71H128O5. The molecule has 442 valence electrons. The van der Waals surface area contributed by atoms with E-state index in [9.17, 15) is 14.7 Å². The highest BCUT2D eigenvalue weighted by atomic mass is 16.6. The van der Waals surface area contributed by atoms with Gasteiger partial charge in [-0.25, -0.2) is 0 Å². The van der Waals surface area contributed by atoms with Crippen LogP contribution in [0.15, 0.2) is 72.9 Å². The van der Waals surface area contributed by atoms with Crippen molar-refractivity contribution in [3.63, 3.8) is 0 Å². The van der Waals surface area contributed by atoms with Gasteiger partial charge in [-0.05, 0) is 64.2 Å². The van der Waals surface area contributed by atoms with E-state index in [2.05, 4.69) is 86.8 Å². The predicted molar refractivity (Wildman–Crippen MR) is 334 cm³/mol. The van der Waals surface area contributed by atoms with E-state index in [-0.39, 0.29) is 25.2 Å². The molecule has 0 spiro atoms. The summed E-state index contributed by atoms with van der Waals surface area (Å²) in [5, 5.41) is 9.69. The van der Waals surface area contributed by atoms with Crippen LogP contribution in [-0.4, -0.2) is 36.4 Å². The van der Waals surface area contributed by atoms with Crippen LogP contribution in [0.4, 0.5) is 0 Å². The zero-order chi connectivity index (χ0) is 54.8. The summed E-state index contributed by atoms with van der Waals surface area (Å²) in [5.41, 5.74) is 0. The standard InChI is InChI=1S/C71H128O5/c1-3-5-7-9-11-13-15-17-19-21-23-25-27-29-31-33-35-37-39-41-43-45-47-49-51-53-55-57-59-61-63-65-70(73)75-68-69(67-72)76-71(74)66-64-62-60-58-56-54-52-50-48-46-44-42-40-38-36-34-32-30-28-26-24-22-20-18-16-14-12-10-8-6-4-2/h6,8,12,14,18,20,24,26,30,32,36,38,69,72H,3-5,7,9-11,13,15-17,19,21-23,25,27-29,31,33-35,37,39-68H2,1-2H3/b8-6-,14-12-,20-18-,26-24-,32-30-,38-36-. The number of esters is 2. The number of aliphatic hydroxyl groups is 1. The Balaban J connectivity index is 3.44. The molecule has 1 atom stereocenters. The minimum atomic E-state index is -0.776. The molecule has 76 heavy (non-hydrogen) atoms. The van der Waals surface area contributed by atoms with Crippen LogP contribution >= 0.6 is 0 Å². The van der Waals surface area contributed by atoms with Crippen LogP contribution in [0.25, 0.3) is 0 Å². The number of hydrogen-bond acceptors (Lipinski definition) is 5. The minimum absolute atomic E-state index is 0.0645. The third kappa shape index (κ3) is 63.9. The van der Waals surface area contributed by atoms with Gasteiger partial charge in [0.2, 0.25) is 0 Å². The van der Waals surface area contributed by atoms with Gasteiger partial charge < -0.3 is 14.6 Å². The van der Waals surface area contributed by atoms with Crippen LogP contribution in [0.1, 0.15) is 348 Å². The lowest BCUT2D eigenvalue weighted by molar-refractivity contribution is -0.161. The second-order valence-electron chi connectivity index (χ2n) is 22.5. The smallest absolute Gasteiger partial charge is 0.306 e. The number of aliphatic hydroxyl groups excluding tert-OH is 1. The Bertz CT molecular complexity index is 1340. The fourth-order valence-electron chi connectivity index (χ4n) is 10.0. The van der Waals surface area contributed by atoms with Crippen LogP contribution in [0.2, 0.25) is 0 Å². The number of rotatable bonds is 62. The Morgan fingerprint density at radius 3 is 0.855 bits per heavy atom. The fraction of sp³-hybridized carbons (Fsp3) is 0.803. The Morgan fingerprint density at radius 2 is 0.566 bits per heavy atom. The van der Waals surface area contributed by atoms with Crippen molar-refractivity contribution in [2.24, 2.45) is 0 Å². The van der Waals surface area contributed by atoms with Crippen molar-refractivity contribution in [3.05, 3.63) is 72.9 Å². The molecule has 0 aliphatic rings. The first kappa shape index (κ1) is 73.3. The van der Waals surface area contributed by atoms with E-state index in [1.165, 1.54) is 244 Å². The highest BCUT2D eigenvalue weighted by molar-refractivity contribution is 5.70. The largest absolute Gasteiger partial charge is 0.462 e. The lowest BCUT2D eigenvalue weighted by atomic mass is 10.0. The number of carbonyl (C=O) groups excluding carboxylic acids is 2. The van der Waals surface area contributed by atoms with E-state index in [1.807, 2.05) is 0 Å². The van der Waals surface area contributed by atoms with Gasteiger partial charge in [-0.2, -0.15) is 0 Å². The van der Waals surface area contributed by atoms with Gasteiger partial charge in [-0.1, -0.05) is 344 Å². The summed E-state index contributed by atoms with van der Waals surface area (Å²) in [6.07, 6.45) is 92.1. The van der Waals surface area contributed by atoms with Crippen LogP contribution in [0.3, 0.4) is 0 Å². The molecule has 0 aromatic heterocycles. The molecule has 0 saturated carbocycles. The monoisotopic (exact) mass is 1060 g/mol. The van der Waals surface area contributed by atoms with E-state index in [0.717, 1.165) is 77.0 Å². The maximum absolute atomic E-state index is 12.4. The van der Waals surface area contributed by atoms with Gasteiger partial charge in [-0.15, -0.1) is 0 Å². The number of carbonyl (C=O) groups is 2. The zero-order valence-corrected chi connectivity index (χ0v) is 50.8. The molecule has 0 aliphatic heterocycles. The Morgan fingerprint density at radius 1 is 0.316 bits per heavy atom. The first-order valence-electron chi connectivity index (χ1n) is 33.5. The van der Waals surface area contributed by atoms with Crippen molar-refractivity contribution in [2.75, 3.05) is 13.2 Å². The third-order valence-electron chi connectivity index (χ3n) is 15.0. The molecule has 0 bridgehead atoms. The third-order valence-corrected chi connectivity index (χ3v) is 15.0. The molecule has 0 aromatic carbocycles. The lowest BCUT2D eigenvalue weighted by Gasteiger charge is -2.15. The SMILES string of the molecule is CC/C=C\C/C=C\C/C=C\C/C=C\C/C=C\C/C=C\CCCCCCCCCCCCCCC(=O)OC(CO)COC(=O)CCCCCCCCCCCCCCCCCCCCCCCCCCCCCCCCC. The molecule has 1 unspecified atom stereocenters. The zero-order valence-electron chi connectivity index (χ0n) is 50.8. The molecule has 0 radical (unpaired) electrons. The van der Waals surface area contributed by atoms with E-state index < -0.39 is 6.10 Å². The number of unbranched alkanes of at least 4 members (excludes halogenated alkanes) is 42. The van der Waals surface area contributed by atoms with Crippen LogP contribution < -0.4 is 0 Å². The molecule has 5 nitrogen and oxygen atoms in total. The second kappa shape index (κ2) is 66.6. The van der Waals surface area contributed by atoms with E-state index >= 15 is 0 Å².